The SMILES string of the molecule is OC(c1cccc(Cl)c1Cl)C1CCSC1. The van der Waals surface area contributed by atoms with Crippen molar-refractivity contribution in [3.63, 3.8) is 0 Å². The van der Waals surface area contributed by atoms with Crippen LogP contribution in [0.3, 0.4) is 0 Å². The highest BCUT2D eigenvalue weighted by atomic mass is 35.5. The minimum Gasteiger partial charge on any atom is -0.388 e. The van der Waals surface area contributed by atoms with Crippen LogP contribution >= 0.6 is 35.0 Å². The van der Waals surface area contributed by atoms with Gasteiger partial charge in [0.25, 0.3) is 0 Å². The Hall–Kier alpha value is 0.110. The molecule has 0 amide bonds. The summed E-state index contributed by atoms with van der Waals surface area (Å²) in [6, 6.07) is 5.42. The summed E-state index contributed by atoms with van der Waals surface area (Å²) in [5.41, 5.74) is 0.761. The van der Waals surface area contributed by atoms with Gasteiger partial charge in [0.05, 0.1) is 16.1 Å². The molecule has 0 spiro atoms. The minimum absolute atomic E-state index is 0.311. The molecule has 1 aliphatic heterocycles. The second kappa shape index (κ2) is 4.96. The van der Waals surface area contributed by atoms with E-state index < -0.39 is 6.10 Å². The first kappa shape index (κ1) is 11.6. The number of hydrogen-bond acceptors (Lipinski definition) is 2. The van der Waals surface area contributed by atoms with Gasteiger partial charge in [0, 0.05) is 5.56 Å². The zero-order chi connectivity index (χ0) is 10.8. The molecule has 1 aliphatic rings. The summed E-state index contributed by atoms with van der Waals surface area (Å²) in [5, 5.41) is 11.2. The second-order valence-electron chi connectivity index (χ2n) is 3.71. The number of hydrogen-bond donors (Lipinski definition) is 1. The van der Waals surface area contributed by atoms with E-state index in [1.807, 2.05) is 23.9 Å². The first-order valence-corrected chi connectivity index (χ1v) is 6.81. The Morgan fingerprint density at radius 1 is 1.40 bits per heavy atom. The number of thioether (sulfide) groups is 1. The molecule has 82 valence electrons. The Morgan fingerprint density at radius 3 is 2.87 bits per heavy atom. The fourth-order valence-electron chi connectivity index (χ4n) is 1.80. The van der Waals surface area contributed by atoms with Crippen molar-refractivity contribution < 1.29 is 5.11 Å². The molecular formula is C11H12Cl2OS. The summed E-state index contributed by atoms with van der Waals surface area (Å²) in [5.74, 6) is 2.44. The van der Waals surface area contributed by atoms with E-state index in [0.717, 1.165) is 23.5 Å². The fraction of sp³-hybridized carbons (Fsp3) is 0.455. The Balaban J connectivity index is 2.24. The zero-order valence-electron chi connectivity index (χ0n) is 8.12. The van der Waals surface area contributed by atoms with E-state index in [1.54, 1.807) is 6.07 Å². The first-order valence-electron chi connectivity index (χ1n) is 4.90. The van der Waals surface area contributed by atoms with Crippen molar-refractivity contribution in [2.24, 2.45) is 5.92 Å². The maximum atomic E-state index is 10.2. The molecule has 1 aromatic rings. The molecule has 2 rings (SSSR count). The van der Waals surface area contributed by atoms with E-state index in [4.69, 9.17) is 23.2 Å². The van der Waals surface area contributed by atoms with Crippen LogP contribution in [-0.2, 0) is 0 Å². The fourth-order valence-corrected chi connectivity index (χ4v) is 3.51. The lowest BCUT2D eigenvalue weighted by Crippen LogP contribution is -2.12. The Labute approximate surface area is 104 Å². The second-order valence-corrected chi connectivity index (χ2v) is 5.65. The topological polar surface area (TPSA) is 20.2 Å². The van der Waals surface area contributed by atoms with Gasteiger partial charge < -0.3 is 5.11 Å². The summed E-state index contributed by atoms with van der Waals surface area (Å²) >= 11 is 13.9. The van der Waals surface area contributed by atoms with E-state index >= 15 is 0 Å². The van der Waals surface area contributed by atoms with Crippen LogP contribution in [0.2, 0.25) is 10.0 Å². The highest BCUT2D eigenvalue weighted by molar-refractivity contribution is 7.99. The smallest absolute Gasteiger partial charge is 0.0841 e. The van der Waals surface area contributed by atoms with Crippen molar-refractivity contribution in [2.75, 3.05) is 11.5 Å². The molecule has 0 saturated carbocycles. The van der Waals surface area contributed by atoms with E-state index in [1.165, 1.54) is 0 Å². The number of aliphatic hydroxyl groups is 1. The third-order valence-electron chi connectivity index (χ3n) is 2.71. The monoisotopic (exact) mass is 262 g/mol. The third-order valence-corrected chi connectivity index (χ3v) is 4.73. The molecule has 1 N–H and O–H groups in total. The molecule has 1 saturated heterocycles. The predicted molar refractivity (Wildman–Crippen MR) is 66.9 cm³/mol. The van der Waals surface area contributed by atoms with E-state index in [9.17, 15) is 5.11 Å². The van der Waals surface area contributed by atoms with Gasteiger partial charge in [0.2, 0.25) is 0 Å². The van der Waals surface area contributed by atoms with Crippen LogP contribution in [0, 0.1) is 5.92 Å². The lowest BCUT2D eigenvalue weighted by atomic mass is 9.95. The molecule has 0 radical (unpaired) electrons. The standard InChI is InChI=1S/C11H12Cl2OS/c12-9-3-1-2-8(10(9)13)11(14)7-4-5-15-6-7/h1-3,7,11,14H,4-6H2. The Bertz CT molecular complexity index is 350. The van der Waals surface area contributed by atoms with Gasteiger partial charge in [-0.3, -0.25) is 0 Å². The average molecular weight is 263 g/mol. The van der Waals surface area contributed by atoms with Crippen LogP contribution in [0.25, 0.3) is 0 Å². The molecule has 2 atom stereocenters. The largest absolute Gasteiger partial charge is 0.388 e. The molecule has 1 fully saturated rings. The van der Waals surface area contributed by atoms with Gasteiger partial charge in [-0.15, -0.1) is 0 Å². The summed E-state index contributed by atoms with van der Waals surface area (Å²) in [4.78, 5) is 0. The van der Waals surface area contributed by atoms with Crippen LogP contribution in [0.15, 0.2) is 18.2 Å². The van der Waals surface area contributed by atoms with Crippen molar-refractivity contribution >= 4 is 35.0 Å². The highest BCUT2D eigenvalue weighted by Crippen LogP contribution is 2.38. The normalized spacial score (nSPS) is 23.0. The maximum Gasteiger partial charge on any atom is 0.0841 e. The van der Waals surface area contributed by atoms with E-state index in [2.05, 4.69) is 0 Å². The molecule has 0 aromatic heterocycles. The van der Waals surface area contributed by atoms with Crippen molar-refractivity contribution in [3.05, 3.63) is 33.8 Å². The molecule has 1 nitrogen and oxygen atoms in total. The molecular weight excluding hydrogens is 251 g/mol. The minimum atomic E-state index is -0.480. The lowest BCUT2D eigenvalue weighted by Gasteiger charge is -2.18. The van der Waals surface area contributed by atoms with Crippen LogP contribution in [0.4, 0.5) is 0 Å². The molecule has 1 heterocycles. The van der Waals surface area contributed by atoms with Gasteiger partial charge >= 0.3 is 0 Å². The molecule has 0 bridgehead atoms. The quantitative estimate of drug-likeness (QED) is 0.876. The van der Waals surface area contributed by atoms with Gasteiger partial charge in [-0.25, -0.2) is 0 Å². The summed E-state index contributed by atoms with van der Waals surface area (Å²) in [6.45, 7) is 0. The van der Waals surface area contributed by atoms with Gasteiger partial charge in [-0.2, -0.15) is 11.8 Å². The maximum absolute atomic E-state index is 10.2. The average Bonchev–Trinajstić information content (AvgIpc) is 2.74. The van der Waals surface area contributed by atoms with Crippen LogP contribution < -0.4 is 0 Å². The summed E-state index contributed by atoms with van der Waals surface area (Å²) < 4.78 is 0. The predicted octanol–water partition coefficient (Wildman–Crippen LogP) is 3.78. The van der Waals surface area contributed by atoms with Gasteiger partial charge in [0.15, 0.2) is 0 Å². The number of aliphatic hydroxyl groups excluding tert-OH is 1. The van der Waals surface area contributed by atoms with Crippen molar-refractivity contribution in [1.82, 2.24) is 0 Å². The molecule has 15 heavy (non-hydrogen) atoms. The summed E-state index contributed by atoms with van der Waals surface area (Å²) in [6.07, 6.45) is 0.570. The number of halogens is 2. The lowest BCUT2D eigenvalue weighted by molar-refractivity contribution is 0.121. The van der Waals surface area contributed by atoms with Crippen molar-refractivity contribution in [3.8, 4) is 0 Å². The van der Waals surface area contributed by atoms with Gasteiger partial charge in [0.1, 0.15) is 0 Å². The van der Waals surface area contributed by atoms with Crippen molar-refractivity contribution in [2.45, 2.75) is 12.5 Å². The number of benzene rings is 1. The van der Waals surface area contributed by atoms with Gasteiger partial charge in [-0.1, -0.05) is 35.3 Å². The highest BCUT2D eigenvalue weighted by Gasteiger charge is 2.26. The Morgan fingerprint density at radius 2 is 2.20 bits per heavy atom. The number of rotatable bonds is 2. The van der Waals surface area contributed by atoms with E-state index in [-0.39, 0.29) is 0 Å². The van der Waals surface area contributed by atoms with Crippen LogP contribution in [0.1, 0.15) is 18.1 Å². The third kappa shape index (κ3) is 2.44. The Kier molecular flexibility index (Phi) is 3.83. The molecule has 2 unspecified atom stereocenters. The zero-order valence-corrected chi connectivity index (χ0v) is 10.4. The summed E-state index contributed by atoms with van der Waals surface area (Å²) in [7, 11) is 0. The van der Waals surface area contributed by atoms with Crippen LogP contribution in [0.5, 0.6) is 0 Å². The molecule has 0 aliphatic carbocycles. The molecule has 4 heteroatoms. The van der Waals surface area contributed by atoms with Crippen LogP contribution in [-0.4, -0.2) is 16.6 Å². The van der Waals surface area contributed by atoms with Gasteiger partial charge in [-0.05, 0) is 29.9 Å². The van der Waals surface area contributed by atoms with Crippen molar-refractivity contribution in [1.29, 1.82) is 0 Å². The van der Waals surface area contributed by atoms with E-state index in [0.29, 0.717) is 16.0 Å². The molecule has 1 aromatic carbocycles. The first-order chi connectivity index (χ1) is 7.20.